The van der Waals surface area contributed by atoms with Crippen LogP contribution in [-0.4, -0.2) is 19.4 Å². The van der Waals surface area contributed by atoms with Crippen molar-refractivity contribution in [3.8, 4) is 5.75 Å². The van der Waals surface area contributed by atoms with Crippen LogP contribution >= 0.6 is 0 Å². The van der Waals surface area contributed by atoms with Crippen LogP contribution in [0.15, 0.2) is 89.9 Å². The van der Waals surface area contributed by atoms with Crippen LogP contribution in [0.25, 0.3) is 0 Å². The maximum absolute atomic E-state index is 6.25. The molecule has 0 radical (unpaired) electrons. The summed E-state index contributed by atoms with van der Waals surface area (Å²) in [5, 5.41) is 0. The Balaban J connectivity index is 1.77. The minimum absolute atomic E-state index is 0.0721. The van der Waals surface area contributed by atoms with Gasteiger partial charge in [-0.15, -0.1) is 0 Å². The number of hydrogen-bond acceptors (Lipinski definition) is 3. The molecule has 0 aromatic heterocycles. The molecule has 0 fully saturated rings. The smallest absolute Gasteiger partial charge is 0.532 e. The van der Waals surface area contributed by atoms with Crippen LogP contribution in [0.4, 0.5) is 0 Å². The first-order chi connectivity index (χ1) is 12.8. The Morgan fingerprint density at radius 3 is 2.27 bits per heavy atom. The maximum Gasteiger partial charge on any atom is 0.562 e. The van der Waals surface area contributed by atoms with Gasteiger partial charge in [0, 0.05) is 11.3 Å². The lowest BCUT2D eigenvalue weighted by atomic mass is 9.78. The Bertz CT molecular complexity index is 896. The van der Waals surface area contributed by atoms with Gasteiger partial charge >= 0.3 is 7.12 Å². The summed E-state index contributed by atoms with van der Waals surface area (Å²) in [6.07, 6.45) is 0. The van der Waals surface area contributed by atoms with Crippen molar-refractivity contribution >= 4 is 18.3 Å². The van der Waals surface area contributed by atoms with Crippen molar-refractivity contribution in [3.05, 3.63) is 96.1 Å². The molecule has 3 aromatic carbocycles. The molecule has 0 spiro atoms. The van der Waals surface area contributed by atoms with E-state index in [9.17, 15) is 0 Å². The normalized spacial score (nSPS) is 17.2. The number of para-hydroxylation sites is 1. The number of fused-ring (bicyclic) bond motifs is 1. The molecule has 0 saturated carbocycles. The lowest BCUT2D eigenvalue weighted by molar-refractivity contribution is 0.257. The number of hydrogen-bond donors (Lipinski definition) is 0. The molecule has 4 rings (SSSR count). The Morgan fingerprint density at radius 1 is 0.846 bits per heavy atom. The predicted octanol–water partition coefficient (Wildman–Crippen LogP) is 4.04. The van der Waals surface area contributed by atoms with Crippen molar-refractivity contribution in [1.82, 2.24) is 0 Å². The lowest BCUT2D eigenvalue weighted by Crippen LogP contribution is -2.40. The second-order valence-corrected chi connectivity index (χ2v) is 6.33. The first-order valence-electron chi connectivity index (χ1n) is 8.83. The zero-order chi connectivity index (χ0) is 17.8. The molecule has 0 bridgehead atoms. The highest BCUT2D eigenvalue weighted by atomic mass is 16.6. The lowest BCUT2D eigenvalue weighted by Gasteiger charge is -2.18. The highest BCUT2D eigenvalue weighted by Gasteiger charge is 2.28. The third-order valence-electron chi connectivity index (χ3n) is 4.52. The fourth-order valence-corrected chi connectivity index (χ4v) is 3.16. The van der Waals surface area contributed by atoms with E-state index in [1.807, 2.05) is 79.7 Å². The van der Waals surface area contributed by atoms with Gasteiger partial charge < -0.3 is 9.31 Å². The van der Waals surface area contributed by atoms with E-state index in [-0.39, 0.29) is 6.04 Å². The second-order valence-electron chi connectivity index (χ2n) is 6.33. The van der Waals surface area contributed by atoms with Crippen molar-refractivity contribution in [2.75, 3.05) is 6.61 Å². The average Bonchev–Trinajstić information content (AvgIpc) is 2.78. The predicted molar refractivity (Wildman–Crippen MR) is 106 cm³/mol. The van der Waals surface area contributed by atoms with Gasteiger partial charge in [0.05, 0.1) is 12.6 Å². The number of rotatable bonds is 2. The fraction of sp³-hybridized carbons (Fsp3) is 0.136. The van der Waals surface area contributed by atoms with Gasteiger partial charge in [0.2, 0.25) is 0 Å². The highest BCUT2D eigenvalue weighted by molar-refractivity contribution is 6.62. The zero-order valence-corrected chi connectivity index (χ0v) is 14.7. The van der Waals surface area contributed by atoms with E-state index < -0.39 is 7.12 Å². The van der Waals surface area contributed by atoms with Gasteiger partial charge in [0.25, 0.3) is 0 Å². The van der Waals surface area contributed by atoms with E-state index in [2.05, 4.69) is 12.1 Å². The Kier molecular flexibility index (Phi) is 4.85. The van der Waals surface area contributed by atoms with E-state index >= 15 is 0 Å². The number of aliphatic imine (C=N–C) groups is 1. The molecular weight excluding hydrogens is 321 g/mol. The number of benzene rings is 3. The summed E-state index contributed by atoms with van der Waals surface area (Å²) >= 11 is 0. The van der Waals surface area contributed by atoms with Crippen molar-refractivity contribution in [3.63, 3.8) is 0 Å². The van der Waals surface area contributed by atoms with E-state index in [0.29, 0.717) is 6.61 Å². The van der Waals surface area contributed by atoms with Gasteiger partial charge in [-0.05, 0) is 30.1 Å². The topological polar surface area (TPSA) is 30.8 Å². The second kappa shape index (κ2) is 7.59. The van der Waals surface area contributed by atoms with Crippen molar-refractivity contribution in [2.45, 2.75) is 13.0 Å². The summed E-state index contributed by atoms with van der Waals surface area (Å²) in [6, 6.07) is 28.2. The van der Waals surface area contributed by atoms with E-state index in [4.69, 9.17) is 14.3 Å². The first-order valence-corrected chi connectivity index (χ1v) is 8.83. The maximum atomic E-state index is 6.25. The molecule has 0 aliphatic carbocycles. The van der Waals surface area contributed by atoms with Crippen LogP contribution in [0.1, 0.15) is 24.1 Å². The summed E-state index contributed by atoms with van der Waals surface area (Å²) < 4.78 is 12.4. The summed E-state index contributed by atoms with van der Waals surface area (Å²) in [5.41, 5.74) is 4.08. The molecule has 4 heteroatoms. The van der Waals surface area contributed by atoms with Crippen LogP contribution in [0, 0.1) is 0 Å². The van der Waals surface area contributed by atoms with Crippen molar-refractivity contribution < 1.29 is 9.31 Å². The largest absolute Gasteiger partial charge is 0.562 e. The van der Waals surface area contributed by atoms with E-state index in [0.717, 1.165) is 28.1 Å². The van der Waals surface area contributed by atoms with Gasteiger partial charge in [-0.3, -0.25) is 4.99 Å². The minimum Gasteiger partial charge on any atom is -0.532 e. The Hall–Kier alpha value is -2.85. The summed E-state index contributed by atoms with van der Waals surface area (Å²) in [6.45, 7) is 2.48. The molecule has 1 aliphatic rings. The van der Waals surface area contributed by atoms with Crippen molar-refractivity contribution in [1.29, 1.82) is 0 Å². The third-order valence-corrected chi connectivity index (χ3v) is 4.52. The van der Waals surface area contributed by atoms with Crippen LogP contribution in [0.3, 0.4) is 0 Å². The Labute approximate surface area is 154 Å². The first kappa shape index (κ1) is 16.6. The van der Waals surface area contributed by atoms with Gasteiger partial charge in [-0.1, -0.05) is 72.8 Å². The standard InChI is InChI=1S/C22H20BNO2/c1-17-20-14-8-9-15-22(20)26-23(19-12-6-3-7-13-19)25-16-21(24-17)18-10-4-2-5-11-18/h2-15,21H,16H2,1H3/t21-/m0/s1. The highest BCUT2D eigenvalue weighted by Crippen LogP contribution is 2.26. The molecule has 0 saturated heterocycles. The quantitative estimate of drug-likeness (QED) is 0.659. The third kappa shape index (κ3) is 3.56. The van der Waals surface area contributed by atoms with Gasteiger partial charge in [-0.25, -0.2) is 0 Å². The molecule has 0 amide bonds. The van der Waals surface area contributed by atoms with Crippen molar-refractivity contribution in [2.24, 2.45) is 4.99 Å². The van der Waals surface area contributed by atoms with Crippen LogP contribution < -0.4 is 10.1 Å². The molecule has 26 heavy (non-hydrogen) atoms. The molecule has 1 aliphatic heterocycles. The Morgan fingerprint density at radius 2 is 1.50 bits per heavy atom. The van der Waals surface area contributed by atoms with Gasteiger partial charge in [0.15, 0.2) is 0 Å². The molecule has 1 atom stereocenters. The van der Waals surface area contributed by atoms with Crippen LogP contribution in [0.5, 0.6) is 5.75 Å². The van der Waals surface area contributed by atoms with E-state index in [1.165, 1.54) is 0 Å². The number of nitrogens with zero attached hydrogens (tertiary/aromatic N) is 1. The minimum atomic E-state index is -0.468. The SMILES string of the molecule is CC1=N[C@H](c2ccccc2)COB(c2ccccc2)Oc2ccccc21. The molecule has 3 nitrogen and oxygen atoms in total. The molecule has 0 N–H and O–H groups in total. The summed E-state index contributed by atoms with van der Waals surface area (Å²) in [5.74, 6) is 0.788. The fourth-order valence-electron chi connectivity index (χ4n) is 3.16. The van der Waals surface area contributed by atoms with Crippen LogP contribution in [0.2, 0.25) is 0 Å². The van der Waals surface area contributed by atoms with E-state index in [1.54, 1.807) is 0 Å². The van der Waals surface area contributed by atoms with Gasteiger partial charge in [0.1, 0.15) is 5.75 Å². The molecule has 3 aromatic rings. The average molecular weight is 341 g/mol. The monoisotopic (exact) mass is 341 g/mol. The zero-order valence-electron chi connectivity index (χ0n) is 14.7. The summed E-state index contributed by atoms with van der Waals surface area (Å²) in [7, 11) is -0.468. The molecule has 0 unspecified atom stereocenters. The molecular formula is C22H20BNO2. The van der Waals surface area contributed by atoms with Crippen LogP contribution in [-0.2, 0) is 4.65 Å². The van der Waals surface area contributed by atoms with Gasteiger partial charge in [-0.2, -0.15) is 0 Å². The molecule has 1 heterocycles. The summed E-state index contributed by atoms with van der Waals surface area (Å²) in [4.78, 5) is 4.95. The molecule has 128 valence electrons.